The first-order chi connectivity index (χ1) is 13.0. The van der Waals surface area contributed by atoms with Crippen molar-refractivity contribution in [2.45, 2.75) is 20.8 Å². The highest BCUT2D eigenvalue weighted by molar-refractivity contribution is 7.50. The molecule has 138 valence electrons. The van der Waals surface area contributed by atoms with Gasteiger partial charge in [-0.2, -0.15) is 0 Å². The van der Waals surface area contributed by atoms with E-state index in [0.29, 0.717) is 0 Å². The van der Waals surface area contributed by atoms with E-state index in [9.17, 15) is 0 Å². The summed E-state index contributed by atoms with van der Waals surface area (Å²) >= 11 is 0. The topological polar surface area (TPSA) is 18.5 Å². The number of ether oxygens (including phenoxy) is 2. The van der Waals surface area contributed by atoms with Crippen molar-refractivity contribution in [2.75, 3.05) is 14.2 Å². The lowest BCUT2D eigenvalue weighted by Gasteiger charge is -2.13. The molecule has 0 aliphatic rings. The van der Waals surface area contributed by atoms with E-state index in [1.54, 1.807) is 14.2 Å². The molecule has 0 unspecified atom stereocenters. The second kappa shape index (κ2) is 8.41. The van der Waals surface area contributed by atoms with Crippen LogP contribution >= 0.6 is 8.20 Å². The second-order valence-electron chi connectivity index (χ2n) is 6.66. The third-order valence-electron chi connectivity index (χ3n) is 4.59. The quantitative estimate of drug-likeness (QED) is 0.550. The average molecular weight is 376 g/mol. The zero-order chi connectivity index (χ0) is 19.4. The van der Waals surface area contributed by atoms with Crippen molar-refractivity contribution in [3.05, 3.63) is 88.5 Å². The lowest BCUT2D eigenvalue weighted by Crippen LogP contribution is -2.09. The maximum absolute atomic E-state index is 5.33. The Morgan fingerprint density at radius 1 is 0.667 bits per heavy atom. The van der Waals surface area contributed by atoms with Gasteiger partial charge in [-0.25, -0.2) is 0 Å². The van der Waals surface area contributed by atoms with E-state index < -0.39 is 0 Å². The minimum Gasteiger partial charge on any atom is -0.497 e. The van der Waals surface area contributed by atoms with Gasteiger partial charge in [0.15, 0.2) is 0 Å². The molecule has 0 bridgehead atoms. The fourth-order valence-electron chi connectivity index (χ4n) is 3.25. The Morgan fingerprint density at radius 3 is 1.44 bits per heavy atom. The molecule has 0 amide bonds. The molecule has 3 heteroatoms. The molecule has 0 aliphatic heterocycles. The van der Waals surface area contributed by atoms with Gasteiger partial charge in [0.05, 0.1) is 14.2 Å². The number of hydrogen-bond acceptors (Lipinski definition) is 2. The molecule has 0 fully saturated rings. The average Bonchev–Trinajstić information content (AvgIpc) is 2.68. The highest BCUT2D eigenvalue weighted by atomic mass is 31.1. The largest absolute Gasteiger partial charge is 0.497 e. The molecule has 3 aromatic carbocycles. The van der Waals surface area contributed by atoms with Crippen LogP contribution in [0.2, 0.25) is 0 Å². The van der Waals surface area contributed by atoms with Crippen LogP contribution in [0, 0.1) is 20.8 Å². The number of rotatable bonds is 5. The third-order valence-corrected chi connectivity index (χ3v) is 6.25. The normalized spacial score (nSPS) is 10.7. The maximum atomic E-state index is 5.33. The zero-order valence-corrected chi connectivity index (χ0v) is 17.4. The van der Waals surface area contributed by atoms with E-state index in [2.05, 4.69) is 57.2 Å². The van der Waals surface area contributed by atoms with Crippen LogP contribution in [-0.4, -0.2) is 19.5 Å². The molecule has 0 atom stereocenters. The Labute approximate surface area is 163 Å². The standard InChI is InChI=1S/C24H25O2P/c1-16-14-17(2)23(18(3)15-16)27-24(19-6-10-21(25-4)11-7-19)20-8-12-22(26-5)13-9-20/h6-15H,1-5H3. The SMILES string of the molecule is COc1ccc(C(=Pc2c(C)cc(C)cc2C)c2ccc(OC)cc2)cc1. The van der Waals surface area contributed by atoms with Gasteiger partial charge in [-0.3, -0.25) is 0 Å². The molecule has 0 saturated carbocycles. The van der Waals surface area contributed by atoms with Gasteiger partial charge >= 0.3 is 0 Å². The molecule has 0 heterocycles. The van der Waals surface area contributed by atoms with Crippen LogP contribution in [-0.2, 0) is 0 Å². The van der Waals surface area contributed by atoms with Crippen LogP contribution in [0.4, 0.5) is 0 Å². The Bertz CT molecular complexity index is 882. The summed E-state index contributed by atoms with van der Waals surface area (Å²) in [6, 6.07) is 21.1. The second-order valence-corrected chi connectivity index (χ2v) is 7.78. The third kappa shape index (κ3) is 4.40. The van der Waals surface area contributed by atoms with E-state index in [-0.39, 0.29) is 0 Å². The smallest absolute Gasteiger partial charge is 0.118 e. The van der Waals surface area contributed by atoms with Crippen LogP contribution in [0.15, 0.2) is 60.7 Å². The predicted molar refractivity (Wildman–Crippen MR) is 116 cm³/mol. The summed E-state index contributed by atoms with van der Waals surface area (Å²) in [6.45, 7) is 6.54. The summed E-state index contributed by atoms with van der Waals surface area (Å²) in [4.78, 5) is 0. The van der Waals surface area contributed by atoms with E-state index in [1.165, 1.54) is 46.6 Å². The van der Waals surface area contributed by atoms with Crippen LogP contribution in [0.3, 0.4) is 0 Å². The molecule has 0 spiro atoms. The molecule has 0 aromatic heterocycles. The Balaban J connectivity index is 2.17. The first kappa shape index (κ1) is 19.2. The molecule has 0 N–H and O–H groups in total. The molecule has 3 aromatic rings. The zero-order valence-electron chi connectivity index (χ0n) is 16.5. The molecule has 0 aliphatic carbocycles. The summed E-state index contributed by atoms with van der Waals surface area (Å²) in [5, 5.41) is 2.64. The van der Waals surface area contributed by atoms with Crippen LogP contribution in [0.1, 0.15) is 27.8 Å². The maximum Gasteiger partial charge on any atom is 0.118 e. The predicted octanol–water partition coefficient (Wildman–Crippen LogP) is 5.47. The fraction of sp³-hybridized carbons (Fsp3) is 0.208. The number of aryl methyl sites for hydroxylation is 3. The summed E-state index contributed by atoms with van der Waals surface area (Å²) in [5.41, 5.74) is 6.35. The molecule has 0 radical (unpaired) electrons. The lowest BCUT2D eigenvalue weighted by molar-refractivity contribution is 0.414. The van der Waals surface area contributed by atoms with Crippen molar-refractivity contribution < 1.29 is 9.47 Å². The van der Waals surface area contributed by atoms with Crippen molar-refractivity contribution in [3.63, 3.8) is 0 Å². The lowest BCUT2D eigenvalue weighted by atomic mass is 10.0. The molecule has 0 saturated heterocycles. The van der Waals surface area contributed by atoms with Gasteiger partial charge in [0, 0.05) is 10.6 Å². The van der Waals surface area contributed by atoms with E-state index >= 15 is 0 Å². The van der Waals surface area contributed by atoms with Crippen molar-refractivity contribution in [2.24, 2.45) is 0 Å². The molecule has 3 rings (SSSR count). The van der Waals surface area contributed by atoms with Crippen LogP contribution < -0.4 is 14.8 Å². The van der Waals surface area contributed by atoms with Gasteiger partial charge in [0.2, 0.25) is 0 Å². The summed E-state index contributed by atoms with van der Waals surface area (Å²) < 4.78 is 10.7. The first-order valence-electron chi connectivity index (χ1n) is 8.97. The highest BCUT2D eigenvalue weighted by Gasteiger charge is 2.10. The Kier molecular flexibility index (Phi) is 5.98. The minimum absolute atomic E-state index is 0.868. The van der Waals surface area contributed by atoms with E-state index in [1.807, 2.05) is 24.3 Å². The van der Waals surface area contributed by atoms with E-state index in [4.69, 9.17) is 9.47 Å². The first-order valence-corrected chi connectivity index (χ1v) is 9.86. The van der Waals surface area contributed by atoms with Gasteiger partial charge in [-0.05, 0) is 67.3 Å². The highest BCUT2D eigenvalue weighted by Crippen LogP contribution is 2.24. The van der Waals surface area contributed by atoms with Crippen molar-refractivity contribution in [1.82, 2.24) is 0 Å². The summed E-state index contributed by atoms with van der Waals surface area (Å²) in [6.07, 6.45) is 0. The summed E-state index contributed by atoms with van der Waals surface area (Å²) in [7, 11) is 4.59. The van der Waals surface area contributed by atoms with Crippen molar-refractivity contribution in [3.8, 4) is 11.5 Å². The molecular formula is C24H25O2P. The summed E-state index contributed by atoms with van der Waals surface area (Å²) in [5.74, 6) is 1.74. The molecular weight excluding hydrogens is 351 g/mol. The van der Waals surface area contributed by atoms with Crippen molar-refractivity contribution in [1.29, 1.82) is 0 Å². The van der Waals surface area contributed by atoms with Gasteiger partial charge in [-0.1, -0.05) is 50.2 Å². The minimum atomic E-state index is 0.868. The number of benzene rings is 3. The van der Waals surface area contributed by atoms with Gasteiger partial charge in [0.1, 0.15) is 11.5 Å². The van der Waals surface area contributed by atoms with Crippen LogP contribution in [0.5, 0.6) is 11.5 Å². The number of hydrogen-bond donors (Lipinski definition) is 0. The van der Waals surface area contributed by atoms with Crippen LogP contribution in [0.25, 0.3) is 0 Å². The molecule has 27 heavy (non-hydrogen) atoms. The van der Waals surface area contributed by atoms with E-state index in [0.717, 1.165) is 11.5 Å². The molecule has 2 nitrogen and oxygen atoms in total. The number of methoxy groups -OCH3 is 2. The van der Waals surface area contributed by atoms with Gasteiger partial charge in [-0.15, -0.1) is 0 Å². The monoisotopic (exact) mass is 376 g/mol. The Hall–Kier alpha value is -2.57. The fourth-order valence-corrected chi connectivity index (χ4v) is 4.52. The van der Waals surface area contributed by atoms with Crippen molar-refractivity contribution >= 4 is 18.8 Å². The van der Waals surface area contributed by atoms with Gasteiger partial charge < -0.3 is 9.47 Å². The van der Waals surface area contributed by atoms with Gasteiger partial charge in [0.25, 0.3) is 0 Å². The Morgan fingerprint density at radius 2 is 1.07 bits per heavy atom.